The molecule has 0 bridgehead atoms. The minimum atomic E-state index is -1.19. The fourth-order valence-electron chi connectivity index (χ4n) is 2.20. The molecule has 0 aliphatic rings. The Labute approximate surface area is 168 Å². The van der Waals surface area contributed by atoms with Gasteiger partial charge in [-0.05, 0) is 36.4 Å². The minimum Gasteiger partial charge on any atom is -0.478 e. The molecule has 0 saturated carbocycles. The van der Waals surface area contributed by atoms with Gasteiger partial charge >= 0.3 is 5.97 Å². The predicted octanol–water partition coefficient (Wildman–Crippen LogP) is 3.61. The molecule has 0 aliphatic carbocycles. The highest BCUT2D eigenvalue weighted by Crippen LogP contribution is 2.26. The number of rotatable bonds is 7. The van der Waals surface area contributed by atoms with Gasteiger partial charge in [-0.1, -0.05) is 23.5 Å². The molecule has 142 valence electrons. The standard InChI is InChI=1S/C19H15N3O4S2/c23-16(9-10-18(25)26)20-12-5-7-13(8-6-12)27-11-17(24)22-19-21-14-3-1-2-4-15(14)28-19/h1-10H,11H2,(H,20,23)(H,25,26)(H,21,22,24)/b10-9+. The highest BCUT2D eigenvalue weighted by atomic mass is 32.2. The first-order chi connectivity index (χ1) is 13.5. The smallest absolute Gasteiger partial charge is 0.328 e. The SMILES string of the molecule is O=C(O)/C=C/C(=O)Nc1ccc(SCC(=O)Nc2nc3ccccc3s2)cc1. The average Bonchev–Trinajstić information content (AvgIpc) is 3.08. The number of aromatic nitrogens is 1. The average molecular weight is 413 g/mol. The van der Waals surface area contributed by atoms with Crippen LogP contribution >= 0.6 is 23.1 Å². The van der Waals surface area contributed by atoms with Crippen molar-refractivity contribution in [2.45, 2.75) is 4.90 Å². The van der Waals surface area contributed by atoms with Gasteiger partial charge in [-0.15, -0.1) is 11.8 Å². The summed E-state index contributed by atoms with van der Waals surface area (Å²) in [5.41, 5.74) is 1.38. The van der Waals surface area contributed by atoms with E-state index in [1.165, 1.54) is 23.1 Å². The van der Waals surface area contributed by atoms with E-state index < -0.39 is 11.9 Å². The minimum absolute atomic E-state index is 0.153. The van der Waals surface area contributed by atoms with Crippen molar-refractivity contribution in [1.29, 1.82) is 0 Å². The van der Waals surface area contributed by atoms with Crippen molar-refractivity contribution in [3.63, 3.8) is 0 Å². The first kappa shape index (κ1) is 19.6. The highest BCUT2D eigenvalue weighted by Gasteiger charge is 2.08. The van der Waals surface area contributed by atoms with Crippen LogP contribution in [0.4, 0.5) is 10.8 Å². The van der Waals surface area contributed by atoms with E-state index in [4.69, 9.17) is 5.11 Å². The number of benzene rings is 2. The summed E-state index contributed by atoms with van der Waals surface area (Å²) in [7, 11) is 0. The summed E-state index contributed by atoms with van der Waals surface area (Å²) in [6, 6.07) is 14.6. The second-order valence-corrected chi connectivity index (χ2v) is 7.59. The van der Waals surface area contributed by atoms with Crippen LogP contribution in [-0.2, 0) is 14.4 Å². The molecule has 2 aromatic carbocycles. The lowest BCUT2D eigenvalue weighted by atomic mass is 10.3. The Bertz CT molecular complexity index is 1010. The summed E-state index contributed by atoms with van der Waals surface area (Å²) < 4.78 is 1.02. The fourth-order valence-corrected chi connectivity index (χ4v) is 3.78. The van der Waals surface area contributed by atoms with Crippen molar-refractivity contribution in [3.05, 3.63) is 60.7 Å². The summed E-state index contributed by atoms with van der Waals surface area (Å²) in [6.45, 7) is 0. The number of thiazole rings is 1. The first-order valence-electron chi connectivity index (χ1n) is 8.10. The summed E-state index contributed by atoms with van der Waals surface area (Å²) in [5, 5.41) is 14.4. The van der Waals surface area contributed by atoms with E-state index in [2.05, 4.69) is 15.6 Å². The van der Waals surface area contributed by atoms with Crippen molar-refractivity contribution in [2.24, 2.45) is 0 Å². The van der Waals surface area contributed by atoms with E-state index in [1.807, 2.05) is 24.3 Å². The van der Waals surface area contributed by atoms with Gasteiger partial charge in [0.1, 0.15) is 0 Å². The molecule has 3 aromatic rings. The molecular formula is C19H15N3O4S2. The second kappa shape index (κ2) is 9.16. The molecule has 3 rings (SSSR count). The van der Waals surface area contributed by atoms with Crippen molar-refractivity contribution < 1.29 is 19.5 Å². The number of aliphatic carboxylic acids is 1. The normalized spacial score (nSPS) is 10.9. The van der Waals surface area contributed by atoms with Crippen LogP contribution in [-0.4, -0.2) is 33.6 Å². The Hall–Kier alpha value is -3.17. The van der Waals surface area contributed by atoms with Gasteiger partial charge in [0.2, 0.25) is 11.8 Å². The molecule has 0 spiro atoms. The van der Waals surface area contributed by atoms with Crippen LogP contribution in [0.2, 0.25) is 0 Å². The molecule has 0 unspecified atom stereocenters. The maximum absolute atomic E-state index is 12.1. The number of carboxylic acid groups (broad SMARTS) is 1. The van der Waals surface area contributed by atoms with Gasteiger partial charge in [0.15, 0.2) is 5.13 Å². The van der Waals surface area contributed by atoms with Crippen molar-refractivity contribution in [2.75, 3.05) is 16.4 Å². The van der Waals surface area contributed by atoms with E-state index in [9.17, 15) is 14.4 Å². The number of fused-ring (bicyclic) bond motifs is 1. The number of carboxylic acids is 1. The molecule has 7 nitrogen and oxygen atoms in total. The van der Waals surface area contributed by atoms with E-state index in [1.54, 1.807) is 24.3 Å². The van der Waals surface area contributed by atoms with Crippen molar-refractivity contribution in [3.8, 4) is 0 Å². The van der Waals surface area contributed by atoms with Crippen LogP contribution in [0.25, 0.3) is 10.2 Å². The predicted molar refractivity (Wildman–Crippen MR) is 111 cm³/mol. The third-order valence-electron chi connectivity index (χ3n) is 3.41. The molecular weight excluding hydrogens is 398 g/mol. The molecule has 1 aromatic heterocycles. The van der Waals surface area contributed by atoms with E-state index in [0.717, 1.165) is 27.3 Å². The summed E-state index contributed by atoms with van der Waals surface area (Å²) in [5.74, 6) is -1.65. The number of hydrogen-bond donors (Lipinski definition) is 3. The molecule has 0 atom stereocenters. The molecule has 1 heterocycles. The Kier molecular flexibility index (Phi) is 6.41. The van der Waals surface area contributed by atoms with Crippen molar-refractivity contribution in [1.82, 2.24) is 4.98 Å². The maximum atomic E-state index is 12.1. The number of carbonyl (C=O) groups is 3. The van der Waals surface area contributed by atoms with Crippen LogP contribution in [0, 0.1) is 0 Å². The Morgan fingerprint density at radius 3 is 2.50 bits per heavy atom. The van der Waals surface area contributed by atoms with Crippen LogP contribution in [0.15, 0.2) is 65.6 Å². The number of nitrogens with zero attached hydrogens (tertiary/aromatic N) is 1. The number of hydrogen-bond acceptors (Lipinski definition) is 6. The van der Waals surface area contributed by atoms with Crippen LogP contribution < -0.4 is 10.6 Å². The summed E-state index contributed by atoms with van der Waals surface area (Å²) >= 11 is 2.78. The highest BCUT2D eigenvalue weighted by molar-refractivity contribution is 8.00. The van der Waals surface area contributed by atoms with Gasteiger partial charge in [-0.3, -0.25) is 9.59 Å². The quantitative estimate of drug-likeness (QED) is 0.403. The van der Waals surface area contributed by atoms with Gasteiger partial charge in [-0.2, -0.15) is 0 Å². The van der Waals surface area contributed by atoms with E-state index in [0.29, 0.717) is 10.8 Å². The Balaban J connectivity index is 1.49. The molecule has 0 radical (unpaired) electrons. The molecule has 3 N–H and O–H groups in total. The van der Waals surface area contributed by atoms with Crippen molar-refractivity contribution >= 4 is 61.9 Å². The molecule has 9 heteroatoms. The molecule has 28 heavy (non-hydrogen) atoms. The Morgan fingerprint density at radius 1 is 1.04 bits per heavy atom. The molecule has 0 saturated heterocycles. The number of anilines is 2. The molecule has 0 fully saturated rings. The van der Waals surface area contributed by atoms with Gasteiger partial charge < -0.3 is 15.7 Å². The van der Waals surface area contributed by atoms with Gasteiger partial charge in [0.05, 0.1) is 16.0 Å². The van der Waals surface area contributed by atoms with Crippen LogP contribution in [0.3, 0.4) is 0 Å². The third-order valence-corrected chi connectivity index (χ3v) is 5.37. The largest absolute Gasteiger partial charge is 0.478 e. The monoisotopic (exact) mass is 413 g/mol. The van der Waals surface area contributed by atoms with Gasteiger partial charge in [0, 0.05) is 22.7 Å². The zero-order valence-corrected chi connectivity index (χ0v) is 16.0. The lowest BCUT2D eigenvalue weighted by Crippen LogP contribution is -2.13. The van der Waals surface area contributed by atoms with E-state index in [-0.39, 0.29) is 11.7 Å². The topological polar surface area (TPSA) is 108 Å². The zero-order valence-electron chi connectivity index (χ0n) is 14.4. The fraction of sp³-hybridized carbons (Fsp3) is 0.0526. The van der Waals surface area contributed by atoms with Crippen LogP contribution in [0.5, 0.6) is 0 Å². The number of nitrogens with one attached hydrogen (secondary N) is 2. The number of para-hydroxylation sites is 1. The summed E-state index contributed by atoms with van der Waals surface area (Å²) in [6.07, 6.45) is 1.71. The molecule has 2 amide bonds. The van der Waals surface area contributed by atoms with Crippen LogP contribution in [0.1, 0.15) is 0 Å². The number of amides is 2. The Morgan fingerprint density at radius 2 is 1.79 bits per heavy atom. The first-order valence-corrected chi connectivity index (χ1v) is 9.90. The molecule has 0 aliphatic heterocycles. The number of carbonyl (C=O) groups excluding carboxylic acids is 2. The summed E-state index contributed by atoms with van der Waals surface area (Å²) in [4.78, 5) is 39.3. The van der Waals surface area contributed by atoms with Gasteiger partial charge in [-0.25, -0.2) is 9.78 Å². The second-order valence-electron chi connectivity index (χ2n) is 5.51. The lowest BCUT2D eigenvalue weighted by Gasteiger charge is -2.05. The number of thioether (sulfide) groups is 1. The van der Waals surface area contributed by atoms with E-state index >= 15 is 0 Å². The maximum Gasteiger partial charge on any atom is 0.328 e. The lowest BCUT2D eigenvalue weighted by molar-refractivity contribution is -0.131. The van der Waals surface area contributed by atoms with Gasteiger partial charge in [0.25, 0.3) is 0 Å². The third kappa shape index (κ3) is 5.66. The zero-order chi connectivity index (χ0) is 19.9.